The molecule has 0 spiro atoms. The molecule has 2 aromatic rings. The summed E-state index contributed by atoms with van der Waals surface area (Å²) in [5.41, 5.74) is 0. The summed E-state index contributed by atoms with van der Waals surface area (Å²) in [4.78, 5) is 7.01. The highest BCUT2D eigenvalue weighted by Gasteiger charge is 2.07. The lowest BCUT2D eigenvalue weighted by atomic mass is 10.2. The lowest BCUT2D eigenvalue weighted by molar-refractivity contribution is 0.321. The Morgan fingerprint density at radius 2 is 1.96 bits per heavy atom. The lowest BCUT2D eigenvalue weighted by Crippen LogP contribution is -2.44. The van der Waals surface area contributed by atoms with Crippen LogP contribution in [0.5, 0.6) is 5.75 Å². The summed E-state index contributed by atoms with van der Waals surface area (Å²) >= 11 is 1.85. The molecule has 0 aliphatic heterocycles. The van der Waals surface area contributed by atoms with Crippen LogP contribution in [0.1, 0.15) is 16.7 Å². The molecule has 0 radical (unpaired) electrons. The van der Waals surface area contributed by atoms with Crippen LogP contribution in [-0.4, -0.2) is 32.2 Å². The summed E-state index contributed by atoms with van der Waals surface area (Å²) < 4.78 is 5.66. The van der Waals surface area contributed by atoms with E-state index in [1.807, 2.05) is 41.7 Å². The third-order valence-corrected chi connectivity index (χ3v) is 4.34. The molecule has 1 aromatic carbocycles. The molecule has 6 heteroatoms. The van der Waals surface area contributed by atoms with Gasteiger partial charge in [0.15, 0.2) is 5.96 Å². The maximum absolute atomic E-state index is 5.66. The highest BCUT2D eigenvalue weighted by molar-refractivity contribution is 14.0. The monoisotopic (exact) mass is 459 g/mol. The Balaban J connectivity index is 0.00000288. The van der Waals surface area contributed by atoms with Crippen LogP contribution in [0.2, 0.25) is 0 Å². The Bertz CT molecular complexity index is 616. The average Bonchev–Trinajstić information content (AvgIpc) is 2.96. The molecule has 2 N–H and O–H groups in total. The van der Waals surface area contributed by atoms with Crippen LogP contribution < -0.4 is 15.4 Å². The van der Waals surface area contributed by atoms with E-state index in [0.717, 1.165) is 18.1 Å². The number of halogens is 1. The van der Waals surface area contributed by atoms with Crippen LogP contribution in [0.25, 0.3) is 0 Å². The van der Waals surface area contributed by atoms with Crippen LogP contribution in [-0.2, 0) is 6.42 Å². The molecule has 0 amide bonds. The minimum Gasteiger partial charge on any atom is -0.492 e. The number of nitrogens with zero attached hydrogens (tertiary/aromatic N) is 1. The molecule has 24 heavy (non-hydrogen) atoms. The normalized spacial score (nSPS) is 12.2. The topological polar surface area (TPSA) is 45.7 Å². The summed E-state index contributed by atoms with van der Waals surface area (Å²) in [5.74, 6) is 1.70. The van der Waals surface area contributed by atoms with Gasteiger partial charge in [-0.05, 0) is 38.1 Å². The van der Waals surface area contributed by atoms with Crippen molar-refractivity contribution in [2.75, 3.05) is 20.2 Å². The molecule has 132 valence electrons. The fraction of sp³-hybridized carbons (Fsp3) is 0.389. The Labute approximate surface area is 165 Å². The van der Waals surface area contributed by atoms with Gasteiger partial charge >= 0.3 is 0 Å². The number of guanidine groups is 1. The summed E-state index contributed by atoms with van der Waals surface area (Å²) in [5, 5.41) is 6.69. The summed E-state index contributed by atoms with van der Waals surface area (Å²) in [7, 11) is 1.79. The van der Waals surface area contributed by atoms with E-state index in [1.165, 1.54) is 9.75 Å². The van der Waals surface area contributed by atoms with Crippen molar-refractivity contribution in [2.24, 2.45) is 4.99 Å². The van der Waals surface area contributed by atoms with Gasteiger partial charge in [0.2, 0.25) is 0 Å². The van der Waals surface area contributed by atoms with Gasteiger partial charge in [-0.3, -0.25) is 4.99 Å². The standard InChI is InChI=1S/C18H25N3OS.HI/c1-14(13-17-10-9-15(2)23-17)21-18(19-3)20-11-12-22-16-7-5-4-6-8-16;/h4-10,14H,11-13H2,1-3H3,(H2,19,20,21);1H. The Morgan fingerprint density at radius 3 is 2.58 bits per heavy atom. The minimum atomic E-state index is 0. The second-order valence-electron chi connectivity index (χ2n) is 5.42. The largest absolute Gasteiger partial charge is 0.492 e. The number of benzene rings is 1. The predicted molar refractivity (Wildman–Crippen MR) is 114 cm³/mol. The zero-order valence-electron chi connectivity index (χ0n) is 14.4. The fourth-order valence-corrected chi connectivity index (χ4v) is 3.25. The molecule has 1 aromatic heterocycles. The molecular formula is C18H26IN3OS. The van der Waals surface area contributed by atoms with Crippen molar-refractivity contribution in [1.82, 2.24) is 10.6 Å². The predicted octanol–water partition coefficient (Wildman–Crippen LogP) is 3.85. The molecular weight excluding hydrogens is 433 g/mol. The number of nitrogens with one attached hydrogen (secondary N) is 2. The molecule has 0 aliphatic rings. The summed E-state index contributed by atoms with van der Waals surface area (Å²) in [6.07, 6.45) is 1.000. The molecule has 0 saturated carbocycles. The number of rotatable bonds is 7. The van der Waals surface area contributed by atoms with E-state index in [1.54, 1.807) is 7.05 Å². The van der Waals surface area contributed by atoms with Gasteiger partial charge in [0.25, 0.3) is 0 Å². The van der Waals surface area contributed by atoms with Gasteiger partial charge in [0.05, 0.1) is 6.54 Å². The molecule has 0 aliphatic carbocycles. The third kappa shape index (κ3) is 7.53. The zero-order chi connectivity index (χ0) is 16.5. The van der Waals surface area contributed by atoms with E-state index in [-0.39, 0.29) is 24.0 Å². The zero-order valence-corrected chi connectivity index (χ0v) is 17.6. The van der Waals surface area contributed by atoms with Crippen LogP contribution in [0.15, 0.2) is 47.5 Å². The van der Waals surface area contributed by atoms with Crippen LogP contribution in [0.4, 0.5) is 0 Å². The molecule has 1 unspecified atom stereocenters. The third-order valence-electron chi connectivity index (χ3n) is 3.32. The van der Waals surface area contributed by atoms with Crippen molar-refractivity contribution >= 4 is 41.3 Å². The second kappa shape index (κ2) is 11.3. The minimum absolute atomic E-state index is 0. The first-order valence-corrected chi connectivity index (χ1v) is 8.69. The Kier molecular flexibility index (Phi) is 9.78. The molecule has 4 nitrogen and oxygen atoms in total. The highest BCUT2D eigenvalue weighted by Crippen LogP contribution is 2.16. The van der Waals surface area contributed by atoms with Gasteiger partial charge in [-0.15, -0.1) is 35.3 Å². The van der Waals surface area contributed by atoms with Crippen molar-refractivity contribution in [2.45, 2.75) is 26.3 Å². The van der Waals surface area contributed by atoms with Crippen LogP contribution in [0.3, 0.4) is 0 Å². The van der Waals surface area contributed by atoms with Crippen molar-refractivity contribution in [3.63, 3.8) is 0 Å². The number of hydrogen-bond acceptors (Lipinski definition) is 3. The van der Waals surface area contributed by atoms with E-state index in [2.05, 4.69) is 41.6 Å². The SMILES string of the molecule is CN=C(NCCOc1ccccc1)NC(C)Cc1ccc(C)s1.I. The molecule has 0 saturated heterocycles. The summed E-state index contributed by atoms with van der Waals surface area (Å²) in [6.45, 7) is 5.62. The van der Waals surface area contributed by atoms with E-state index in [4.69, 9.17) is 4.74 Å². The van der Waals surface area contributed by atoms with E-state index >= 15 is 0 Å². The van der Waals surface area contributed by atoms with Crippen molar-refractivity contribution in [3.8, 4) is 5.75 Å². The van der Waals surface area contributed by atoms with Crippen molar-refractivity contribution in [3.05, 3.63) is 52.2 Å². The number of para-hydroxylation sites is 1. The molecule has 2 rings (SSSR count). The van der Waals surface area contributed by atoms with Gasteiger partial charge in [0.1, 0.15) is 12.4 Å². The van der Waals surface area contributed by atoms with E-state index in [0.29, 0.717) is 19.2 Å². The quantitative estimate of drug-likeness (QED) is 0.286. The first kappa shape index (κ1) is 20.8. The van der Waals surface area contributed by atoms with Crippen molar-refractivity contribution < 1.29 is 4.74 Å². The first-order valence-electron chi connectivity index (χ1n) is 7.87. The first-order chi connectivity index (χ1) is 11.2. The van der Waals surface area contributed by atoms with Gasteiger partial charge in [-0.2, -0.15) is 0 Å². The maximum Gasteiger partial charge on any atom is 0.191 e. The summed E-state index contributed by atoms with van der Waals surface area (Å²) in [6, 6.07) is 14.5. The Morgan fingerprint density at radius 1 is 1.21 bits per heavy atom. The molecule has 1 atom stereocenters. The lowest BCUT2D eigenvalue weighted by Gasteiger charge is -2.17. The van der Waals surface area contributed by atoms with E-state index in [9.17, 15) is 0 Å². The number of thiophene rings is 1. The average molecular weight is 459 g/mol. The van der Waals surface area contributed by atoms with Gasteiger partial charge in [-0.25, -0.2) is 0 Å². The van der Waals surface area contributed by atoms with Crippen molar-refractivity contribution in [1.29, 1.82) is 0 Å². The van der Waals surface area contributed by atoms with Crippen LogP contribution in [0, 0.1) is 6.92 Å². The smallest absolute Gasteiger partial charge is 0.191 e. The van der Waals surface area contributed by atoms with Crippen LogP contribution >= 0.6 is 35.3 Å². The van der Waals surface area contributed by atoms with E-state index < -0.39 is 0 Å². The number of ether oxygens (including phenoxy) is 1. The van der Waals surface area contributed by atoms with Gasteiger partial charge < -0.3 is 15.4 Å². The maximum atomic E-state index is 5.66. The Hall–Kier alpha value is -1.28. The molecule has 0 fully saturated rings. The molecule has 0 bridgehead atoms. The number of aryl methyl sites for hydroxylation is 1. The fourth-order valence-electron chi connectivity index (χ4n) is 2.23. The highest BCUT2D eigenvalue weighted by atomic mass is 127. The van der Waals surface area contributed by atoms with Gasteiger partial charge in [0, 0.05) is 29.3 Å². The second-order valence-corrected chi connectivity index (χ2v) is 6.79. The number of aliphatic imine (C=N–C) groups is 1. The number of hydrogen-bond donors (Lipinski definition) is 2. The molecule has 1 heterocycles. The van der Waals surface area contributed by atoms with Gasteiger partial charge in [-0.1, -0.05) is 18.2 Å².